The smallest absolute Gasteiger partial charge is 0.261 e. The highest BCUT2D eigenvalue weighted by atomic mass is 35.5. The fourth-order valence-corrected chi connectivity index (χ4v) is 7.91. The lowest BCUT2D eigenvalue weighted by atomic mass is 10.0. The molecule has 15 heteroatoms. The highest BCUT2D eigenvalue weighted by molar-refractivity contribution is 7.92. The molecule has 0 unspecified atom stereocenters. The van der Waals surface area contributed by atoms with Crippen molar-refractivity contribution in [1.82, 2.24) is 9.21 Å². The molecule has 0 radical (unpaired) electrons. The molecule has 3 aromatic rings. The number of anilines is 1. The molecule has 3 aromatic carbocycles. The fourth-order valence-electron chi connectivity index (χ4n) is 5.56. The van der Waals surface area contributed by atoms with E-state index in [9.17, 15) is 26.7 Å². The minimum atomic E-state index is -4.03. The van der Waals surface area contributed by atoms with E-state index in [1.54, 1.807) is 13.0 Å². The van der Waals surface area contributed by atoms with Gasteiger partial charge >= 0.3 is 0 Å². The Morgan fingerprint density at radius 2 is 1.68 bits per heavy atom. The molecule has 1 aliphatic rings. The first kappa shape index (κ1) is 39.4. The maximum Gasteiger partial charge on any atom is 0.261 e. The number of halogens is 1. The molecule has 4 atom stereocenters. The summed E-state index contributed by atoms with van der Waals surface area (Å²) in [5, 5.41) is 10.6. The Morgan fingerprint density at radius 1 is 1.02 bits per heavy atom. The van der Waals surface area contributed by atoms with Gasteiger partial charge in [-0.05, 0) is 99.8 Å². The number of aliphatic hydroxyl groups is 1. The number of carbonyl (C=O) groups excluding carboxylic acids is 1. The number of ether oxygens (including phenoxy) is 3. The first-order valence-corrected chi connectivity index (χ1v) is 19.7. The normalized spacial score (nSPS) is 20.4. The summed E-state index contributed by atoms with van der Waals surface area (Å²) in [6.07, 6.45) is 1.18. The molecule has 0 saturated carbocycles. The zero-order valence-electron chi connectivity index (χ0n) is 28.9. The number of methoxy groups -OCH3 is 1. The number of amides is 1. The van der Waals surface area contributed by atoms with Crippen molar-refractivity contribution in [2.75, 3.05) is 45.2 Å². The molecule has 274 valence electrons. The van der Waals surface area contributed by atoms with Crippen LogP contribution in [0.2, 0.25) is 5.02 Å². The van der Waals surface area contributed by atoms with E-state index in [2.05, 4.69) is 4.72 Å². The van der Waals surface area contributed by atoms with Crippen molar-refractivity contribution in [3.63, 3.8) is 0 Å². The van der Waals surface area contributed by atoms with Gasteiger partial charge in [-0.2, -0.15) is 4.31 Å². The molecule has 0 spiro atoms. The summed E-state index contributed by atoms with van der Waals surface area (Å²) in [7, 11) is -4.94. The van der Waals surface area contributed by atoms with E-state index in [-0.39, 0.29) is 58.5 Å². The van der Waals surface area contributed by atoms with Crippen LogP contribution in [0.5, 0.6) is 11.5 Å². The second kappa shape index (κ2) is 17.2. The molecule has 4 rings (SSSR count). The third kappa shape index (κ3) is 9.89. The lowest BCUT2D eigenvalue weighted by Gasteiger charge is -2.35. The Bertz CT molecular complexity index is 1810. The van der Waals surface area contributed by atoms with E-state index in [1.165, 1.54) is 84.0 Å². The molecule has 1 heterocycles. The Morgan fingerprint density at radius 3 is 2.32 bits per heavy atom. The molecule has 1 aliphatic heterocycles. The van der Waals surface area contributed by atoms with Gasteiger partial charge in [0.2, 0.25) is 10.0 Å². The number of benzene rings is 3. The number of rotatable bonds is 10. The number of hydrogen-bond acceptors (Lipinski definition) is 9. The number of nitrogens with zero attached hydrogens (tertiary/aromatic N) is 2. The SMILES string of the molecule is COc1ccc(S(=O)(=O)Nc2ccc3c(c2)C(=O)N([C@@H](C)CO)C[C@@H](C)[C@@H](CN(C)S(=O)(=O)c2ccc(Cl)cc2)OCCCC[C@@H](C)O3)cc1. The average Bonchev–Trinajstić information content (AvgIpc) is 3.09. The lowest BCUT2D eigenvalue weighted by Crippen LogP contribution is -2.48. The van der Waals surface area contributed by atoms with Crippen LogP contribution in [0.3, 0.4) is 0 Å². The minimum absolute atomic E-state index is 0.00743. The zero-order valence-corrected chi connectivity index (χ0v) is 31.3. The van der Waals surface area contributed by atoms with E-state index in [0.29, 0.717) is 30.2 Å². The first-order valence-electron chi connectivity index (χ1n) is 16.4. The molecule has 0 saturated heterocycles. The molecule has 0 bridgehead atoms. The van der Waals surface area contributed by atoms with Crippen LogP contribution in [0.25, 0.3) is 0 Å². The van der Waals surface area contributed by atoms with E-state index in [0.717, 1.165) is 6.42 Å². The number of sulfonamides is 2. The van der Waals surface area contributed by atoms with Crippen molar-refractivity contribution in [2.45, 2.75) is 68.1 Å². The van der Waals surface area contributed by atoms with Crippen molar-refractivity contribution in [2.24, 2.45) is 5.92 Å². The van der Waals surface area contributed by atoms with Gasteiger partial charge in [-0.25, -0.2) is 16.8 Å². The van der Waals surface area contributed by atoms with Crippen LogP contribution in [0.15, 0.2) is 76.5 Å². The highest BCUT2D eigenvalue weighted by Gasteiger charge is 2.32. The molecule has 12 nitrogen and oxygen atoms in total. The third-order valence-corrected chi connectivity index (χ3v) is 12.1. The molecule has 0 fully saturated rings. The Hall–Kier alpha value is -3.40. The molecule has 2 N–H and O–H groups in total. The van der Waals surface area contributed by atoms with Gasteiger partial charge in [0.25, 0.3) is 15.9 Å². The maximum absolute atomic E-state index is 14.4. The van der Waals surface area contributed by atoms with E-state index < -0.39 is 38.1 Å². The average molecular weight is 752 g/mol. The van der Waals surface area contributed by atoms with Gasteiger partial charge in [-0.3, -0.25) is 9.52 Å². The van der Waals surface area contributed by atoms with Gasteiger partial charge in [0.1, 0.15) is 11.5 Å². The number of aliphatic hydroxyl groups excluding tert-OH is 1. The van der Waals surface area contributed by atoms with E-state index >= 15 is 0 Å². The molecular weight excluding hydrogens is 706 g/mol. The minimum Gasteiger partial charge on any atom is -0.497 e. The molecule has 50 heavy (non-hydrogen) atoms. The third-order valence-electron chi connectivity index (χ3n) is 8.63. The van der Waals surface area contributed by atoms with Crippen molar-refractivity contribution >= 4 is 43.2 Å². The largest absolute Gasteiger partial charge is 0.497 e. The topological polar surface area (TPSA) is 152 Å². The lowest BCUT2D eigenvalue weighted by molar-refractivity contribution is -0.00833. The summed E-state index contributed by atoms with van der Waals surface area (Å²) in [6.45, 7) is 5.56. The summed E-state index contributed by atoms with van der Waals surface area (Å²) in [5.41, 5.74) is 0.251. The van der Waals surface area contributed by atoms with E-state index in [4.69, 9.17) is 25.8 Å². The van der Waals surface area contributed by atoms with Gasteiger partial charge in [0, 0.05) is 43.4 Å². The summed E-state index contributed by atoms with van der Waals surface area (Å²) in [4.78, 5) is 16.0. The van der Waals surface area contributed by atoms with Crippen molar-refractivity contribution in [1.29, 1.82) is 0 Å². The van der Waals surface area contributed by atoms with Crippen LogP contribution in [-0.4, -0.2) is 95.8 Å². The van der Waals surface area contributed by atoms with Crippen LogP contribution >= 0.6 is 11.6 Å². The predicted octanol–water partition coefficient (Wildman–Crippen LogP) is 5.27. The van der Waals surface area contributed by atoms with Gasteiger partial charge in [0.05, 0.1) is 47.3 Å². The monoisotopic (exact) mass is 751 g/mol. The fraction of sp³-hybridized carbons (Fsp3) is 0.457. The Balaban J connectivity index is 1.67. The summed E-state index contributed by atoms with van der Waals surface area (Å²) >= 11 is 5.98. The van der Waals surface area contributed by atoms with Crippen molar-refractivity contribution in [3.8, 4) is 11.5 Å². The summed E-state index contributed by atoms with van der Waals surface area (Å²) in [6, 6.07) is 15.7. The first-order chi connectivity index (χ1) is 23.7. The van der Waals surface area contributed by atoms with Gasteiger partial charge in [-0.15, -0.1) is 0 Å². The molecule has 0 aromatic heterocycles. The second-order valence-corrected chi connectivity index (χ2v) is 16.7. The number of hydrogen-bond donors (Lipinski definition) is 2. The van der Waals surface area contributed by atoms with Crippen LogP contribution in [-0.2, 0) is 24.8 Å². The summed E-state index contributed by atoms with van der Waals surface area (Å²) in [5.74, 6) is -0.110. The zero-order chi connectivity index (χ0) is 36.6. The predicted molar refractivity (Wildman–Crippen MR) is 192 cm³/mol. The van der Waals surface area contributed by atoms with Gasteiger partial charge in [0.15, 0.2) is 0 Å². The number of carbonyl (C=O) groups is 1. The maximum atomic E-state index is 14.4. The van der Waals surface area contributed by atoms with Crippen LogP contribution in [0.1, 0.15) is 50.4 Å². The number of likely N-dealkylation sites (N-methyl/N-ethyl adjacent to an activating group) is 1. The van der Waals surface area contributed by atoms with Crippen LogP contribution < -0.4 is 14.2 Å². The van der Waals surface area contributed by atoms with E-state index in [1.807, 2.05) is 13.8 Å². The van der Waals surface area contributed by atoms with Gasteiger partial charge < -0.3 is 24.2 Å². The molecule has 1 amide bonds. The second-order valence-electron chi connectivity index (χ2n) is 12.5. The Kier molecular flexibility index (Phi) is 13.6. The van der Waals surface area contributed by atoms with Crippen LogP contribution in [0, 0.1) is 5.92 Å². The molecular formula is C35H46ClN3O9S2. The van der Waals surface area contributed by atoms with Crippen LogP contribution in [0.4, 0.5) is 5.69 Å². The van der Waals surface area contributed by atoms with Crippen molar-refractivity contribution in [3.05, 3.63) is 77.3 Å². The number of fused-ring (bicyclic) bond motifs is 1. The molecule has 0 aliphatic carbocycles. The number of nitrogens with one attached hydrogen (secondary N) is 1. The van der Waals surface area contributed by atoms with Gasteiger partial charge in [-0.1, -0.05) is 18.5 Å². The summed E-state index contributed by atoms with van der Waals surface area (Å²) < 4.78 is 74.9. The standard InChI is InChI=1S/C35H46ClN3O9S2/c1-24-21-39(25(2)23-40)35(41)32-20-28(37-49(42,43)30-16-12-29(46-5)13-17-30)11-18-33(32)48-26(3)8-6-7-19-47-34(24)22-38(4)50(44,45)31-14-9-27(36)10-15-31/h9-18,20,24-26,34,37,40H,6-8,19,21-23H2,1-5H3/t24-,25+,26-,34-/m1/s1. The van der Waals surface area contributed by atoms with Crippen molar-refractivity contribution < 1.29 is 40.9 Å². The quantitative estimate of drug-likeness (QED) is 0.283. The highest BCUT2D eigenvalue weighted by Crippen LogP contribution is 2.30. The Labute approximate surface area is 300 Å².